The first-order chi connectivity index (χ1) is 13.3. The average molecular weight is 392 g/mol. The van der Waals surface area contributed by atoms with Crippen LogP contribution in [-0.4, -0.2) is 70.0 Å². The van der Waals surface area contributed by atoms with Crippen LogP contribution in [0.1, 0.15) is 11.1 Å². The standard InChI is InChI=1S/C17H20N4O7/c1-7-2-10-9(3-8(7)5-22)18-13-15(19-17(28)20-16(13)27)21(10)4-11(24)14(26)12(25)6-23/h2-3,11-12,14,22-26H,4-6H2,1H3,(H,20,27,28). The molecule has 3 rings (SSSR count). The Labute approximate surface area is 157 Å². The van der Waals surface area contributed by atoms with Crippen LogP contribution in [0.4, 0.5) is 0 Å². The van der Waals surface area contributed by atoms with Gasteiger partial charge < -0.3 is 30.1 Å². The zero-order valence-electron chi connectivity index (χ0n) is 14.9. The van der Waals surface area contributed by atoms with Crippen LogP contribution in [-0.2, 0) is 13.2 Å². The predicted octanol–water partition coefficient (Wildman–Crippen LogP) is -2.54. The number of aliphatic hydroxyl groups is 5. The van der Waals surface area contributed by atoms with Crippen molar-refractivity contribution in [3.8, 4) is 11.5 Å². The van der Waals surface area contributed by atoms with Crippen molar-refractivity contribution in [1.82, 2.24) is 19.5 Å². The van der Waals surface area contributed by atoms with E-state index >= 15 is 0 Å². The van der Waals surface area contributed by atoms with Crippen molar-refractivity contribution in [3.63, 3.8) is 0 Å². The molecule has 3 unspecified atom stereocenters. The van der Waals surface area contributed by atoms with E-state index in [1.165, 1.54) is 4.57 Å². The van der Waals surface area contributed by atoms with Crippen LogP contribution >= 0.6 is 0 Å². The number of aromatic nitrogens is 4. The normalized spacial score (nSPS) is 15.1. The number of aliphatic hydroxyl groups excluding tert-OH is 5. The maximum Gasteiger partial charge on any atom is 0.349 e. The summed E-state index contributed by atoms with van der Waals surface area (Å²) in [4.78, 5) is 33.9. The number of aromatic amines is 1. The van der Waals surface area contributed by atoms with Gasteiger partial charge in [0.15, 0.2) is 11.5 Å². The second kappa shape index (κ2) is 7.73. The Morgan fingerprint density at radius 2 is 1.82 bits per heavy atom. The molecule has 0 bridgehead atoms. The molecule has 3 atom stereocenters. The van der Waals surface area contributed by atoms with Gasteiger partial charge in [-0.15, -0.1) is 0 Å². The van der Waals surface area contributed by atoms with Crippen LogP contribution in [0.15, 0.2) is 21.7 Å². The lowest BCUT2D eigenvalue weighted by atomic mass is 10.1. The first-order valence-corrected chi connectivity index (χ1v) is 8.46. The molecule has 2 heterocycles. The molecule has 0 saturated carbocycles. The van der Waals surface area contributed by atoms with Crippen LogP contribution in [0, 0.1) is 6.92 Å². The van der Waals surface area contributed by atoms with Gasteiger partial charge in [0.2, 0.25) is 0 Å². The number of nitrogens with zero attached hydrogens (tertiary/aromatic N) is 3. The molecular weight excluding hydrogens is 372 g/mol. The van der Waals surface area contributed by atoms with E-state index < -0.39 is 36.2 Å². The van der Waals surface area contributed by atoms with E-state index in [2.05, 4.69) is 9.97 Å². The fourth-order valence-electron chi connectivity index (χ4n) is 3.00. The topological polar surface area (TPSA) is 182 Å². The van der Waals surface area contributed by atoms with Crippen molar-refractivity contribution in [1.29, 1.82) is 0 Å². The molecule has 0 radical (unpaired) electrons. The van der Waals surface area contributed by atoms with E-state index in [1.807, 2.05) is 4.98 Å². The number of hydrogen-bond acceptors (Lipinski definition) is 9. The fraction of sp³-hybridized carbons (Fsp3) is 0.412. The quantitative estimate of drug-likeness (QED) is 0.246. The van der Waals surface area contributed by atoms with Crippen molar-refractivity contribution < 1.29 is 25.5 Å². The van der Waals surface area contributed by atoms with Crippen LogP contribution in [0.5, 0.6) is 0 Å². The molecule has 2 aliphatic heterocycles. The van der Waals surface area contributed by atoms with Crippen LogP contribution < -0.4 is 11.2 Å². The van der Waals surface area contributed by atoms with Gasteiger partial charge in [0.25, 0.3) is 5.56 Å². The number of fused-ring (bicyclic) bond motifs is 2. The van der Waals surface area contributed by atoms with Crippen LogP contribution in [0.25, 0.3) is 22.6 Å². The van der Waals surface area contributed by atoms with Crippen molar-refractivity contribution in [2.24, 2.45) is 0 Å². The minimum Gasteiger partial charge on any atom is -0.394 e. The lowest BCUT2D eigenvalue weighted by molar-refractivity contribution is -0.0802. The predicted molar refractivity (Wildman–Crippen MR) is 96.8 cm³/mol. The maximum absolute atomic E-state index is 12.2. The van der Waals surface area contributed by atoms with Gasteiger partial charge >= 0.3 is 5.69 Å². The van der Waals surface area contributed by atoms with Crippen molar-refractivity contribution in [2.45, 2.75) is 38.4 Å². The third-order valence-corrected chi connectivity index (χ3v) is 4.58. The van der Waals surface area contributed by atoms with Gasteiger partial charge in [0.05, 0.1) is 30.8 Å². The number of benzene rings is 1. The highest BCUT2D eigenvalue weighted by Crippen LogP contribution is 2.25. The van der Waals surface area contributed by atoms with E-state index in [1.54, 1.807) is 19.1 Å². The largest absolute Gasteiger partial charge is 0.394 e. The highest BCUT2D eigenvalue weighted by Gasteiger charge is 2.27. The molecule has 0 aliphatic carbocycles. The fourth-order valence-corrected chi connectivity index (χ4v) is 3.00. The third-order valence-electron chi connectivity index (χ3n) is 4.58. The highest BCUT2D eigenvalue weighted by atomic mass is 16.4. The minimum atomic E-state index is -1.68. The Kier molecular flexibility index (Phi) is 5.54. The highest BCUT2D eigenvalue weighted by molar-refractivity contribution is 5.81. The van der Waals surface area contributed by atoms with Crippen molar-refractivity contribution in [3.05, 3.63) is 44.1 Å². The SMILES string of the molecule is Cc1cc2c(cc1CO)nc1c(=O)[nH]c(=O)nc-1n2CC(O)C(O)C(O)CO. The van der Waals surface area contributed by atoms with E-state index in [0.29, 0.717) is 22.2 Å². The van der Waals surface area contributed by atoms with E-state index in [9.17, 15) is 30.0 Å². The summed E-state index contributed by atoms with van der Waals surface area (Å²) in [5, 5.41) is 48.3. The zero-order chi connectivity index (χ0) is 20.6. The third kappa shape index (κ3) is 3.53. The maximum atomic E-state index is 12.2. The van der Waals surface area contributed by atoms with E-state index in [0.717, 1.165) is 0 Å². The van der Waals surface area contributed by atoms with E-state index in [-0.39, 0.29) is 24.7 Å². The summed E-state index contributed by atoms with van der Waals surface area (Å²) in [5.74, 6) is -0.109. The molecule has 11 heteroatoms. The van der Waals surface area contributed by atoms with Gasteiger partial charge in [-0.2, -0.15) is 4.98 Å². The van der Waals surface area contributed by atoms with Crippen LogP contribution in [0.3, 0.4) is 0 Å². The molecule has 0 aromatic heterocycles. The van der Waals surface area contributed by atoms with Gasteiger partial charge in [-0.3, -0.25) is 9.78 Å². The minimum absolute atomic E-state index is 0.109. The molecule has 28 heavy (non-hydrogen) atoms. The first kappa shape index (κ1) is 20.0. The molecule has 150 valence electrons. The zero-order valence-corrected chi connectivity index (χ0v) is 14.9. The lowest BCUT2D eigenvalue weighted by Crippen LogP contribution is -2.42. The van der Waals surface area contributed by atoms with Gasteiger partial charge in [-0.05, 0) is 30.2 Å². The molecule has 2 aliphatic rings. The lowest BCUT2D eigenvalue weighted by Gasteiger charge is -2.25. The Morgan fingerprint density at radius 3 is 2.46 bits per heavy atom. The number of nitrogens with one attached hydrogen (secondary N) is 1. The number of H-pyrrole nitrogens is 1. The summed E-state index contributed by atoms with van der Waals surface area (Å²) in [6, 6.07) is 3.21. The molecule has 0 spiro atoms. The number of hydrogen-bond donors (Lipinski definition) is 6. The summed E-state index contributed by atoms with van der Waals surface area (Å²) in [6.07, 6.45) is -4.80. The molecular formula is C17H20N4O7. The summed E-state index contributed by atoms with van der Waals surface area (Å²) >= 11 is 0. The first-order valence-electron chi connectivity index (χ1n) is 8.46. The molecule has 0 fully saturated rings. The Bertz CT molecular complexity index is 1090. The van der Waals surface area contributed by atoms with E-state index in [4.69, 9.17) is 5.11 Å². The molecule has 1 aromatic carbocycles. The molecule has 1 aromatic rings. The summed E-state index contributed by atoms with van der Waals surface area (Å²) in [7, 11) is 0. The molecule has 0 saturated heterocycles. The Balaban J connectivity index is 2.28. The Hall–Kier alpha value is -2.70. The van der Waals surface area contributed by atoms with Gasteiger partial charge in [-0.1, -0.05) is 0 Å². The molecule has 0 amide bonds. The van der Waals surface area contributed by atoms with Crippen LogP contribution in [0.2, 0.25) is 0 Å². The second-order valence-electron chi connectivity index (χ2n) is 6.50. The number of aryl methyl sites for hydroxylation is 1. The molecule has 11 nitrogen and oxygen atoms in total. The summed E-state index contributed by atoms with van der Waals surface area (Å²) < 4.78 is 1.33. The van der Waals surface area contributed by atoms with Crippen molar-refractivity contribution >= 4 is 11.0 Å². The van der Waals surface area contributed by atoms with Gasteiger partial charge in [0, 0.05) is 0 Å². The second-order valence-corrected chi connectivity index (χ2v) is 6.50. The smallest absolute Gasteiger partial charge is 0.349 e. The summed E-state index contributed by atoms with van der Waals surface area (Å²) in [5.41, 5.74) is 0.129. The number of rotatable bonds is 6. The van der Waals surface area contributed by atoms with Gasteiger partial charge in [-0.25, -0.2) is 9.78 Å². The van der Waals surface area contributed by atoms with Crippen molar-refractivity contribution in [2.75, 3.05) is 6.61 Å². The average Bonchev–Trinajstić information content (AvgIpc) is 2.67. The van der Waals surface area contributed by atoms with Gasteiger partial charge in [0.1, 0.15) is 18.3 Å². The monoisotopic (exact) mass is 392 g/mol. The molecule has 6 N–H and O–H groups in total. The summed E-state index contributed by atoms with van der Waals surface area (Å²) in [6.45, 7) is 0.383. The Morgan fingerprint density at radius 1 is 1.11 bits per heavy atom.